The molecule has 0 bridgehead atoms. The van der Waals surface area contributed by atoms with Crippen LogP contribution < -0.4 is 14.7 Å². The first kappa shape index (κ1) is 85.0. The molecule has 0 radical (unpaired) electrons. The number of nitrogens with zero attached hydrogens (tertiary/aromatic N) is 13. The van der Waals surface area contributed by atoms with Gasteiger partial charge in [-0.05, 0) is 236 Å². The van der Waals surface area contributed by atoms with Crippen LogP contribution in [-0.4, -0.2) is 48.2 Å². The monoisotopic (exact) mass is 1880 g/mol. The van der Waals surface area contributed by atoms with Gasteiger partial charge in [0.2, 0.25) is 0 Å². The zero-order valence-electron chi connectivity index (χ0n) is 79.5. The summed E-state index contributed by atoms with van der Waals surface area (Å²) in [5.41, 5.74) is 38.3. The van der Waals surface area contributed by atoms with Crippen LogP contribution >= 0.6 is 0 Å². The molecule has 0 N–H and O–H groups in total. The number of hydrogen-bond acceptors (Lipinski definition) is 9. The third-order valence-corrected chi connectivity index (χ3v) is 28.6. The second-order valence-corrected chi connectivity index (χ2v) is 37.3. The van der Waals surface area contributed by atoms with Crippen molar-refractivity contribution in [1.29, 1.82) is 0 Å². The van der Waals surface area contributed by atoms with E-state index in [2.05, 4.69) is 488 Å². The summed E-state index contributed by atoms with van der Waals surface area (Å²) in [5.74, 6) is 4.68. The van der Waals surface area contributed by atoms with Gasteiger partial charge in [0.1, 0.15) is 17.5 Å². The molecule has 688 valence electrons. The summed E-state index contributed by atoms with van der Waals surface area (Å²) in [7, 11) is 0. The third-order valence-electron chi connectivity index (χ3n) is 28.6. The maximum Gasteiger partial charge on any atom is 0.164 e. The zero-order chi connectivity index (χ0) is 96.9. The van der Waals surface area contributed by atoms with E-state index in [1.54, 1.807) is 0 Å². The highest BCUT2D eigenvalue weighted by atomic mass is 15.3. The Labute approximate surface area is 848 Å². The highest BCUT2D eigenvalue weighted by Gasteiger charge is 2.35. The molecule has 27 aromatic rings. The molecule has 8 heterocycles. The van der Waals surface area contributed by atoms with E-state index in [1.807, 2.05) is 72.8 Å². The molecule has 0 saturated heterocycles. The van der Waals surface area contributed by atoms with E-state index in [9.17, 15) is 0 Å². The summed E-state index contributed by atoms with van der Waals surface area (Å²) in [6.45, 7) is 0. The fraction of sp³-hybridized carbons (Fsp3) is 0. The average molecular weight is 1880 g/mol. The zero-order valence-corrected chi connectivity index (χ0v) is 79.5. The molecule has 0 unspecified atom stereocenters. The summed E-state index contributed by atoms with van der Waals surface area (Å²) in [6.07, 6.45) is 0. The van der Waals surface area contributed by atoms with Gasteiger partial charge in [0, 0.05) is 66.9 Å². The predicted molar refractivity (Wildman–Crippen MR) is 605 cm³/mol. The van der Waals surface area contributed by atoms with E-state index >= 15 is 0 Å². The number of benzene rings is 22. The van der Waals surface area contributed by atoms with Gasteiger partial charge in [-0.15, -0.1) is 0 Å². The molecule has 0 fully saturated rings. The normalized spacial score (nSPS) is 12.0. The Balaban J connectivity index is 0.000000107. The van der Waals surface area contributed by atoms with Crippen molar-refractivity contribution >= 4 is 128 Å². The fourth-order valence-corrected chi connectivity index (χ4v) is 21.8. The second-order valence-electron chi connectivity index (χ2n) is 37.3. The van der Waals surface area contributed by atoms with Gasteiger partial charge < -0.3 is 19.3 Å². The van der Waals surface area contributed by atoms with Crippen molar-refractivity contribution in [1.82, 2.24) is 48.2 Å². The number of para-hydroxylation sites is 8. The Kier molecular flexibility index (Phi) is 20.6. The molecule has 0 saturated carbocycles. The summed E-state index contributed by atoms with van der Waals surface area (Å²) >= 11 is 0. The van der Waals surface area contributed by atoms with Crippen LogP contribution in [0.15, 0.2) is 528 Å². The van der Waals surface area contributed by atoms with Gasteiger partial charge in [-0.1, -0.05) is 358 Å². The van der Waals surface area contributed by atoms with Crippen molar-refractivity contribution in [2.45, 2.75) is 0 Å². The van der Waals surface area contributed by atoms with Crippen molar-refractivity contribution in [2.75, 3.05) is 14.7 Å². The van der Waals surface area contributed by atoms with Crippen LogP contribution in [0.4, 0.5) is 51.2 Å². The largest absolute Gasteiger partial charge is 0.309 e. The molecule has 3 aliphatic heterocycles. The Hall–Kier alpha value is -20.0. The van der Waals surface area contributed by atoms with E-state index in [1.165, 1.54) is 71.2 Å². The van der Waals surface area contributed by atoms with Gasteiger partial charge >= 0.3 is 0 Å². The molecule has 13 heteroatoms. The molecule has 3 aliphatic rings. The maximum absolute atomic E-state index is 5.23. The molecule has 22 aromatic carbocycles. The Morgan fingerprint density at radius 3 is 0.782 bits per heavy atom. The van der Waals surface area contributed by atoms with Crippen molar-refractivity contribution < 1.29 is 0 Å². The predicted octanol–water partition coefficient (Wildman–Crippen LogP) is 34.7. The number of fused-ring (bicyclic) bond motifs is 11. The Morgan fingerprint density at radius 1 is 0.136 bits per heavy atom. The third kappa shape index (κ3) is 14.9. The summed E-state index contributed by atoms with van der Waals surface area (Å²) in [6, 6.07) is 187. The van der Waals surface area contributed by atoms with Crippen molar-refractivity contribution in [3.8, 4) is 136 Å². The SMILES string of the molecule is c1ccc(-c2nc(-c3ccccc3)nc(-c3ccc4c(c3)N(c3ccccc3)c3cccc5nc(-c6ccccc6)n-4c35)n2)cc1.c1ccc(-c2nc3cccc4c3n2-c2ccc(-c3cc(-c5ccc6ccccc6c5)cc(-c5ccc6ccccc6c5)c3)cc2N4c2ccccc2)cc1.c1ccc(-c2nc3cccc4c3n2-c2ccc(-c3ccc(-n5c6ccccc6c6ccccc65)cc3)cc2N4c2ccccc2)cc1. The average Bonchev–Trinajstić information content (AvgIpc) is 1.57. The van der Waals surface area contributed by atoms with Crippen molar-refractivity contribution in [2.24, 2.45) is 0 Å². The maximum atomic E-state index is 5.23. The molecule has 0 aliphatic carbocycles. The van der Waals surface area contributed by atoms with E-state index in [-0.39, 0.29) is 0 Å². The molecule has 30 rings (SSSR count). The summed E-state index contributed by atoms with van der Waals surface area (Å²) < 4.78 is 9.34. The first-order chi connectivity index (χ1) is 72.9. The number of rotatable bonds is 14. The van der Waals surface area contributed by atoms with Crippen LogP contribution in [0, 0.1) is 0 Å². The standard InChI is InChI=1S/C51H33N3.C43H28N4.C40H26N6/c1-3-14-36(15-4-1)51-52-46-20-11-21-48-50(46)54(51)47-27-26-41(33-49(47)53(48)45-18-5-2-6-19-45)44-31-42(39-24-22-34-12-7-9-16-37(34)28-39)30-43(32-44)40-25-23-35-13-8-10-17-38(35)29-40;1-3-12-30(13-4-1)43-44-36-18-11-21-40-42(36)47(43)39-27-24-31(28-41(39)46(40)32-14-5-2-6-15-32)29-22-25-33(26-23-29)45-37-19-9-7-16-34(37)35-17-8-10-20-38(35)45;1-5-14-27(15-6-1)37-42-38(28-16-7-2-8-17-28)44-39(43-37)30-24-25-33-35(26-30)45(31-20-11-4-12-21-31)34-23-13-22-32-36(34)46(33)40(41-32)29-18-9-3-10-19-29/h1-33H;1-28H;1-26H. The lowest BCUT2D eigenvalue weighted by molar-refractivity contribution is 1.05. The Bertz CT molecular complexity index is 9590. The second kappa shape index (κ2) is 35.6. The van der Waals surface area contributed by atoms with Gasteiger partial charge in [-0.25, -0.2) is 29.9 Å². The topological polar surface area (TPSA) is 107 Å². The highest BCUT2D eigenvalue weighted by molar-refractivity contribution is 6.11. The lowest BCUT2D eigenvalue weighted by Gasteiger charge is -2.33. The number of hydrogen-bond donors (Lipinski definition) is 0. The first-order valence-electron chi connectivity index (χ1n) is 49.7. The molecule has 147 heavy (non-hydrogen) atoms. The van der Waals surface area contributed by atoms with Crippen molar-refractivity contribution in [3.05, 3.63) is 528 Å². The van der Waals surface area contributed by atoms with Gasteiger partial charge in [-0.3, -0.25) is 13.7 Å². The lowest BCUT2D eigenvalue weighted by Crippen LogP contribution is -2.18. The molecule has 5 aromatic heterocycles. The van der Waals surface area contributed by atoms with Gasteiger partial charge in [-0.2, -0.15) is 0 Å². The fourth-order valence-electron chi connectivity index (χ4n) is 21.8. The van der Waals surface area contributed by atoms with Gasteiger partial charge in [0.15, 0.2) is 17.5 Å². The van der Waals surface area contributed by atoms with E-state index in [0.717, 1.165) is 175 Å². The first-order valence-corrected chi connectivity index (χ1v) is 49.7. The van der Waals surface area contributed by atoms with Crippen LogP contribution in [0.25, 0.3) is 212 Å². The molecule has 0 spiro atoms. The molecule has 13 nitrogen and oxygen atoms in total. The lowest BCUT2D eigenvalue weighted by atomic mass is 9.91. The minimum absolute atomic E-state index is 0.612. The van der Waals surface area contributed by atoms with Crippen LogP contribution in [0.5, 0.6) is 0 Å². The van der Waals surface area contributed by atoms with Crippen LogP contribution in [-0.2, 0) is 0 Å². The Morgan fingerprint density at radius 2 is 0.415 bits per heavy atom. The van der Waals surface area contributed by atoms with E-state index in [4.69, 9.17) is 29.9 Å². The van der Waals surface area contributed by atoms with E-state index in [0.29, 0.717) is 17.5 Å². The minimum Gasteiger partial charge on any atom is -0.309 e. The van der Waals surface area contributed by atoms with Crippen LogP contribution in [0.3, 0.4) is 0 Å². The quantitative estimate of drug-likeness (QED) is 0.105. The van der Waals surface area contributed by atoms with Crippen LogP contribution in [0.2, 0.25) is 0 Å². The van der Waals surface area contributed by atoms with Crippen LogP contribution in [0.1, 0.15) is 0 Å². The van der Waals surface area contributed by atoms with Gasteiger partial charge in [0.25, 0.3) is 0 Å². The smallest absolute Gasteiger partial charge is 0.164 e. The summed E-state index contributed by atoms with van der Waals surface area (Å²) in [4.78, 5) is 37.6. The number of anilines is 9. The number of imidazole rings is 3. The van der Waals surface area contributed by atoms with E-state index < -0.39 is 0 Å². The molecular formula is C134H87N13. The molecular weight excluding hydrogens is 1790 g/mol. The summed E-state index contributed by atoms with van der Waals surface area (Å²) in [5, 5.41) is 7.50. The van der Waals surface area contributed by atoms with Gasteiger partial charge in [0.05, 0.1) is 95.3 Å². The highest BCUT2D eigenvalue weighted by Crippen LogP contribution is 2.55. The molecule has 0 amide bonds. The number of aromatic nitrogens is 10. The van der Waals surface area contributed by atoms with Crippen molar-refractivity contribution in [3.63, 3.8) is 0 Å². The minimum atomic E-state index is 0.612. The molecule has 0 atom stereocenters.